The number of hydrogen-bond donors (Lipinski definition) is 0. The Kier molecular flexibility index (Phi) is 4.89. The van der Waals surface area contributed by atoms with Crippen molar-refractivity contribution < 1.29 is 17.6 Å². The number of halogens is 1. The number of anilines is 2. The Labute approximate surface area is 169 Å². The molecule has 8 nitrogen and oxygen atoms in total. The van der Waals surface area contributed by atoms with Gasteiger partial charge in [0, 0.05) is 37.8 Å². The monoisotopic (exact) mass is 419 g/mol. The molecular formula is C19H22FN5O3S. The minimum absolute atomic E-state index is 0.0852. The van der Waals surface area contributed by atoms with E-state index in [9.17, 15) is 17.6 Å². The Morgan fingerprint density at radius 3 is 2.41 bits per heavy atom. The number of rotatable bonds is 3. The van der Waals surface area contributed by atoms with Crippen LogP contribution in [0, 0.1) is 5.82 Å². The van der Waals surface area contributed by atoms with Gasteiger partial charge in [0.25, 0.3) is 5.91 Å². The Morgan fingerprint density at radius 2 is 1.79 bits per heavy atom. The van der Waals surface area contributed by atoms with E-state index in [1.807, 2.05) is 11.8 Å². The Hall–Kier alpha value is -2.75. The summed E-state index contributed by atoms with van der Waals surface area (Å²) in [5.74, 6) is -0.119. The number of sulfonamides is 1. The highest BCUT2D eigenvalue weighted by atomic mass is 32.2. The minimum Gasteiger partial charge on any atom is -0.337 e. The second-order valence-electron chi connectivity index (χ2n) is 7.44. The van der Waals surface area contributed by atoms with E-state index in [2.05, 4.69) is 9.97 Å². The summed E-state index contributed by atoms with van der Waals surface area (Å²) in [6.45, 7) is 3.98. The molecule has 1 saturated heterocycles. The molecule has 1 amide bonds. The molecule has 1 unspecified atom stereocenters. The van der Waals surface area contributed by atoms with Crippen molar-refractivity contribution >= 4 is 27.6 Å². The normalized spacial score (nSPS) is 19.4. The van der Waals surface area contributed by atoms with Crippen molar-refractivity contribution in [2.75, 3.05) is 41.6 Å². The van der Waals surface area contributed by atoms with Crippen LogP contribution in [0.2, 0.25) is 0 Å². The van der Waals surface area contributed by atoms with Gasteiger partial charge in [-0.25, -0.2) is 22.8 Å². The molecule has 0 N–H and O–H groups in total. The fourth-order valence-electron chi connectivity index (χ4n) is 4.00. The molecule has 2 aliphatic heterocycles. The summed E-state index contributed by atoms with van der Waals surface area (Å²) in [4.78, 5) is 24.6. The van der Waals surface area contributed by atoms with Crippen molar-refractivity contribution in [1.82, 2.24) is 14.9 Å². The molecule has 0 spiro atoms. The van der Waals surface area contributed by atoms with Crippen molar-refractivity contribution in [2.24, 2.45) is 0 Å². The number of piperazine rings is 1. The second-order valence-corrected chi connectivity index (χ2v) is 9.30. The zero-order chi connectivity index (χ0) is 20.8. The van der Waals surface area contributed by atoms with Gasteiger partial charge >= 0.3 is 0 Å². The first-order chi connectivity index (χ1) is 13.7. The van der Waals surface area contributed by atoms with Gasteiger partial charge < -0.3 is 9.80 Å². The van der Waals surface area contributed by atoms with E-state index < -0.39 is 15.8 Å². The van der Waals surface area contributed by atoms with E-state index in [0.717, 1.165) is 18.0 Å². The van der Waals surface area contributed by atoms with E-state index in [-0.39, 0.29) is 11.9 Å². The number of carbonyl (C=O) groups excluding carboxylic acids is 1. The van der Waals surface area contributed by atoms with Gasteiger partial charge in [0.05, 0.1) is 24.3 Å². The number of amides is 1. The first kappa shape index (κ1) is 19.6. The molecule has 1 fully saturated rings. The van der Waals surface area contributed by atoms with Crippen molar-refractivity contribution in [3.05, 3.63) is 47.5 Å². The van der Waals surface area contributed by atoms with Gasteiger partial charge in [0.15, 0.2) is 5.82 Å². The van der Waals surface area contributed by atoms with Crippen LogP contribution in [-0.2, 0) is 16.4 Å². The van der Waals surface area contributed by atoms with E-state index >= 15 is 0 Å². The summed E-state index contributed by atoms with van der Waals surface area (Å²) in [6.07, 6.45) is 4.04. The zero-order valence-electron chi connectivity index (χ0n) is 16.2. The lowest BCUT2D eigenvalue weighted by atomic mass is 10.1. The number of aromatic nitrogens is 2. The van der Waals surface area contributed by atoms with Crippen molar-refractivity contribution in [2.45, 2.75) is 19.4 Å². The van der Waals surface area contributed by atoms with E-state index in [1.54, 1.807) is 23.1 Å². The maximum Gasteiger partial charge on any atom is 0.253 e. The van der Waals surface area contributed by atoms with Crippen LogP contribution in [0.25, 0.3) is 0 Å². The van der Waals surface area contributed by atoms with Crippen LogP contribution in [0.15, 0.2) is 30.6 Å². The van der Waals surface area contributed by atoms with Crippen LogP contribution in [0.4, 0.5) is 16.0 Å². The smallest absolute Gasteiger partial charge is 0.253 e. The SMILES string of the molecule is CC1Cc2cc(C(=O)N3CCN(c4ncc(F)cn4)CC3)ccc2N1S(C)(=O)=O. The fraction of sp³-hybridized carbons (Fsp3) is 0.421. The van der Waals surface area contributed by atoms with Crippen molar-refractivity contribution in [3.63, 3.8) is 0 Å². The molecule has 2 aromatic rings. The molecule has 29 heavy (non-hydrogen) atoms. The Balaban J connectivity index is 1.46. The van der Waals surface area contributed by atoms with Crippen molar-refractivity contribution in [1.29, 1.82) is 0 Å². The van der Waals surface area contributed by atoms with Gasteiger partial charge in [-0.3, -0.25) is 9.10 Å². The van der Waals surface area contributed by atoms with Gasteiger partial charge in [0.1, 0.15) is 0 Å². The standard InChI is InChI=1S/C19H22FN5O3S/c1-13-9-15-10-14(3-4-17(15)25(13)29(2,27)28)18(26)23-5-7-24(8-6-23)19-21-11-16(20)12-22-19/h3-4,10-13H,5-9H2,1-2H3. The predicted octanol–water partition coefficient (Wildman–Crippen LogP) is 1.29. The molecule has 1 atom stereocenters. The molecule has 2 aliphatic rings. The van der Waals surface area contributed by atoms with E-state index in [1.165, 1.54) is 10.6 Å². The Bertz CT molecular complexity index is 1040. The van der Waals surface area contributed by atoms with Gasteiger partial charge in [-0.15, -0.1) is 0 Å². The summed E-state index contributed by atoms with van der Waals surface area (Å²) in [5, 5.41) is 0. The quantitative estimate of drug-likeness (QED) is 0.745. The van der Waals surface area contributed by atoms with E-state index in [4.69, 9.17) is 0 Å². The summed E-state index contributed by atoms with van der Waals surface area (Å²) in [5.41, 5.74) is 2.07. The maximum atomic E-state index is 13.0. The van der Waals surface area contributed by atoms with Gasteiger partial charge in [-0.05, 0) is 37.1 Å². The maximum absolute atomic E-state index is 13.0. The summed E-state index contributed by atoms with van der Waals surface area (Å²) in [6, 6.07) is 5.04. The summed E-state index contributed by atoms with van der Waals surface area (Å²) in [7, 11) is -3.36. The van der Waals surface area contributed by atoms with Crippen LogP contribution >= 0.6 is 0 Å². The van der Waals surface area contributed by atoms with Crippen LogP contribution in [-0.4, -0.2) is 67.7 Å². The molecule has 1 aromatic carbocycles. The molecule has 0 radical (unpaired) electrons. The third kappa shape index (κ3) is 3.76. The molecular weight excluding hydrogens is 397 g/mol. The average Bonchev–Trinajstić information content (AvgIpc) is 3.03. The zero-order valence-corrected chi connectivity index (χ0v) is 17.1. The lowest BCUT2D eigenvalue weighted by Gasteiger charge is -2.34. The number of hydrogen-bond acceptors (Lipinski definition) is 6. The highest BCUT2D eigenvalue weighted by Gasteiger charge is 2.33. The number of fused-ring (bicyclic) bond motifs is 1. The Morgan fingerprint density at radius 1 is 1.14 bits per heavy atom. The topological polar surface area (TPSA) is 86.7 Å². The molecule has 1 aromatic heterocycles. The molecule has 0 aliphatic carbocycles. The molecule has 3 heterocycles. The molecule has 4 rings (SSSR count). The minimum atomic E-state index is -3.36. The number of nitrogens with zero attached hydrogens (tertiary/aromatic N) is 5. The first-order valence-corrected chi connectivity index (χ1v) is 11.2. The van der Waals surface area contributed by atoms with Crippen LogP contribution in [0.5, 0.6) is 0 Å². The fourth-order valence-corrected chi connectivity index (χ4v) is 5.27. The van der Waals surface area contributed by atoms with Crippen LogP contribution in [0.1, 0.15) is 22.8 Å². The van der Waals surface area contributed by atoms with Crippen LogP contribution in [0.3, 0.4) is 0 Å². The summed E-state index contributed by atoms with van der Waals surface area (Å²) >= 11 is 0. The van der Waals surface area contributed by atoms with Gasteiger partial charge in [-0.1, -0.05) is 0 Å². The second kappa shape index (κ2) is 7.25. The van der Waals surface area contributed by atoms with Crippen LogP contribution < -0.4 is 9.21 Å². The molecule has 0 saturated carbocycles. The molecule has 154 valence electrons. The molecule has 10 heteroatoms. The first-order valence-electron chi connectivity index (χ1n) is 9.38. The number of carbonyl (C=O) groups is 1. The van der Waals surface area contributed by atoms with Gasteiger partial charge in [0.2, 0.25) is 16.0 Å². The lowest BCUT2D eigenvalue weighted by Crippen LogP contribution is -2.49. The lowest BCUT2D eigenvalue weighted by molar-refractivity contribution is 0.0746. The highest BCUT2D eigenvalue weighted by Crippen LogP contribution is 2.35. The average molecular weight is 419 g/mol. The predicted molar refractivity (Wildman–Crippen MR) is 107 cm³/mol. The largest absolute Gasteiger partial charge is 0.337 e. The highest BCUT2D eigenvalue weighted by molar-refractivity contribution is 7.92. The summed E-state index contributed by atoms with van der Waals surface area (Å²) < 4.78 is 38.5. The molecule has 0 bridgehead atoms. The third-order valence-electron chi connectivity index (χ3n) is 5.29. The number of benzene rings is 1. The third-order valence-corrected chi connectivity index (χ3v) is 6.56. The van der Waals surface area contributed by atoms with E-state index in [0.29, 0.717) is 49.8 Å². The van der Waals surface area contributed by atoms with Crippen molar-refractivity contribution in [3.8, 4) is 0 Å². The van der Waals surface area contributed by atoms with Gasteiger partial charge in [-0.2, -0.15) is 0 Å².